The molecule has 3 aromatic rings. The Morgan fingerprint density at radius 3 is 2.57 bits per heavy atom. The molecule has 0 saturated carbocycles. The smallest absolute Gasteiger partial charge is 0.263 e. The molecule has 1 aromatic heterocycles. The largest absolute Gasteiger partial charge is 0.493 e. The molecule has 0 spiro atoms. The Bertz CT molecular complexity index is 1230. The summed E-state index contributed by atoms with van der Waals surface area (Å²) in [6.45, 7) is 1.87. The van der Waals surface area contributed by atoms with Crippen molar-refractivity contribution in [2.24, 2.45) is 0 Å². The van der Waals surface area contributed by atoms with Crippen LogP contribution in [0.1, 0.15) is 41.6 Å². The molecule has 0 aliphatic carbocycles. The third kappa shape index (κ3) is 4.90. The number of halogens is 2. The number of alkyl halides is 2. The Morgan fingerprint density at radius 2 is 1.86 bits per heavy atom. The number of benzene rings is 2. The minimum Gasteiger partial charge on any atom is -0.493 e. The van der Waals surface area contributed by atoms with Gasteiger partial charge in [-0.05, 0) is 36.3 Å². The monoisotopic (exact) mass is 482 g/mol. The van der Waals surface area contributed by atoms with Gasteiger partial charge in [0.05, 0.1) is 32.1 Å². The van der Waals surface area contributed by atoms with Gasteiger partial charge in [0.15, 0.2) is 17.3 Å². The van der Waals surface area contributed by atoms with E-state index < -0.39 is 12.7 Å². The molecule has 1 aliphatic rings. The third-order valence-corrected chi connectivity index (χ3v) is 6.17. The number of nitrogens with zero attached hydrogens (tertiary/aromatic N) is 3. The number of nitrogens with one attached hydrogen (secondary N) is 1. The average Bonchev–Trinajstić information content (AvgIpc) is 2.87. The molecule has 9 heteroatoms. The number of aliphatic hydroxyl groups excluding tert-OH is 1. The Balaban J connectivity index is 1.68. The molecule has 2 N–H and O–H groups in total. The van der Waals surface area contributed by atoms with Gasteiger partial charge in [-0.3, -0.25) is 0 Å². The maximum absolute atomic E-state index is 13.2. The number of methoxy groups -OCH3 is 2. The highest BCUT2D eigenvalue weighted by Gasteiger charge is 2.28. The minimum absolute atomic E-state index is 0.0328. The van der Waals surface area contributed by atoms with E-state index in [-0.39, 0.29) is 11.6 Å². The number of ether oxygens (including phenoxy) is 2. The van der Waals surface area contributed by atoms with E-state index in [1.165, 1.54) is 12.1 Å². The van der Waals surface area contributed by atoms with E-state index in [1.807, 2.05) is 31.2 Å². The standard InChI is InChI=1S/C26H28F2N4O3/c1-15(16-7-5-9-18(11-16)24(27)28)30-25-20-13-19(26(33)32(2)21(20)14-29-31-25)12-17-8-6-10-22(34-3)23(17)35-4/h5-11,13-15,24,26,33H,12H2,1-4H3,(H,30,31)/t15-,26?/m1/s1. The summed E-state index contributed by atoms with van der Waals surface area (Å²) in [4.78, 5) is 1.72. The lowest BCUT2D eigenvalue weighted by molar-refractivity contribution is 0.151. The minimum atomic E-state index is -2.54. The van der Waals surface area contributed by atoms with Crippen LogP contribution in [0, 0.1) is 0 Å². The summed E-state index contributed by atoms with van der Waals surface area (Å²) in [6, 6.07) is 11.6. The quantitative estimate of drug-likeness (QED) is 0.468. The van der Waals surface area contributed by atoms with Gasteiger partial charge in [-0.15, -0.1) is 5.10 Å². The van der Waals surface area contributed by atoms with E-state index in [4.69, 9.17) is 9.47 Å². The summed E-state index contributed by atoms with van der Waals surface area (Å²) in [5.41, 5.74) is 3.72. The predicted molar refractivity (Wildman–Crippen MR) is 131 cm³/mol. The fourth-order valence-corrected chi connectivity index (χ4v) is 4.26. The predicted octanol–water partition coefficient (Wildman–Crippen LogP) is 5.00. The second-order valence-corrected chi connectivity index (χ2v) is 8.36. The van der Waals surface area contributed by atoms with E-state index in [2.05, 4.69) is 15.5 Å². The van der Waals surface area contributed by atoms with Gasteiger partial charge in [0, 0.05) is 30.2 Å². The zero-order chi connectivity index (χ0) is 25.1. The summed E-state index contributed by atoms with van der Waals surface area (Å²) in [5.74, 6) is 1.71. The second kappa shape index (κ2) is 10.3. The highest BCUT2D eigenvalue weighted by molar-refractivity contribution is 5.80. The van der Waals surface area contributed by atoms with Gasteiger partial charge in [0.1, 0.15) is 6.23 Å². The van der Waals surface area contributed by atoms with Crippen LogP contribution in [0.3, 0.4) is 0 Å². The zero-order valence-corrected chi connectivity index (χ0v) is 20.0. The van der Waals surface area contributed by atoms with Crippen molar-refractivity contribution >= 4 is 17.6 Å². The topological polar surface area (TPSA) is 79.7 Å². The van der Waals surface area contributed by atoms with E-state index in [0.29, 0.717) is 35.0 Å². The van der Waals surface area contributed by atoms with E-state index in [0.717, 1.165) is 16.7 Å². The lowest BCUT2D eigenvalue weighted by Gasteiger charge is -2.34. The van der Waals surface area contributed by atoms with Crippen LogP contribution >= 0.6 is 0 Å². The van der Waals surface area contributed by atoms with Gasteiger partial charge >= 0.3 is 0 Å². The average molecular weight is 483 g/mol. The SMILES string of the molecule is COc1cccc(CC2=Cc3c(cnnc3N[C@H](C)c3cccc(C(F)F)c3)N(C)C2O)c1OC. The molecular formula is C26H28F2N4O3. The maximum Gasteiger partial charge on any atom is 0.263 e. The molecule has 1 aliphatic heterocycles. The van der Waals surface area contributed by atoms with Crippen LogP contribution in [-0.2, 0) is 6.42 Å². The van der Waals surface area contributed by atoms with Gasteiger partial charge < -0.3 is 24.8 Å². The summed E-state index contributed by atoms with van der Waals surface area (Å²) in [5, 5.41) is 22.7. The first-order valence-corrected chi connectivity index (χ1v) is 11.2. The van der Waals surface area contributed by atoms with Crippen molar-refractivity contribution in [3.8, 4) is 11.5 Å². The molecule has 0 radical (unpaired) electrons. The summed E-state index contributed by atoms with van der Waals surface area (Å²) >= 11 is 0. The van der Waals surface area contributed by atoms with E-state index >= 15 is 0 Å². The molecule has 2 atom stereocenters. The van der Waals surface area contributed by atoms with Crippen LogP contribution in [0.25, 0.3) is 6.08 Å². The van der Waals surface area contributed by atoms with Crippen molar-refractivity contribution in [1.29, 1.82) is 0 Å². The van der Waals surface area contributed by atoms with Crippen LogP contribution in [0.4, 0.5) is 20.3 Å². The number of anilines is 2. The molecule has 7 nitrogen and oxygen atoms in total. The molecule has 184 valence electrons. The first-order chi connectivity index (χ1) is 16.8. The molecule has 35 heavy (non-hydrogen) atoms. The van der Waals surface area contributed by atoms with Gasteiger partial charge in [0.2, 0.25) is 0 Å². The third-order valence-electron chi connectivity index (χ3n) is 6.17. The van der Waals surface area contributed by atoms with Crippen LogP contribution in [-0.4, -0.2) is 42.8 Å². The highest BCUT2D eigenvalue weighted by Crippen LogP contribution is 2.38. The Kier molecular flexibility index (Phi) is 7.16. The Labute approximate surface area is 203 Å². The number of hydrogen-bond donors (Lipinski definition) is 2. The number of rotatable bonds is 8. The van der Waals surface area contributed by atoms with Crippen molar-refractivity contribution in [3.05, 3.63) is 76.5 Å². The first-order valence-electron chi connectivity index (χ1n) is 11.2. The van der Waals surface area contributed by atoms with Crippen molar-refractivity contribution in [2.75, 3.05) is 31.5 Å². The molecule has 0 saturated heterocycles. The van der Waals surface area contributed by atoms with Crippen molar-refractivity contribution in [1.82, 2.24) is 10.2 Å². The van der Waals surface area contributed by atoms with E-state index in [9.17, 15) is 13.9 Å². The van der Waals surface area contributed by atoms with Gasteiger partial charge in [-0.2, -0.15) is 5.10 Å². The van der Waals surface area contributed by atoms with Crippen LogP contribution < -0.4 is 19.7 Å². The van der Waals surface area contributed by atoms with Crippen LogP contribution in [0.15, 0.2) is 54.2 Å². The van der Waals surface area contributed by atoms with Crippen LogP contribution in [0.2, 0.25) is 0 Å². The normalized spacial score (nSPS) is 15.9. The van der Waals surface area contributed by atoms with Gasteiger partial charge in [-0.1, -0.05) is 30.3 Å². The van der Waals surface area contributed by atoms with Gasteiger partial charge in [0.25, 0.3) is 6.43 Å². The molecule has 4 rings (SSSR count). The number of fused-ring (bicyclic) bond motifs is 1. The number of likely N-dealkylation sites (N-methyl/N-ethyl adjacent to an activating group) is 1. The molecule has 0 fully saturated rings. The summed E-state index contributed by atoms with van der Waals surface area (Å²) in [7, 11) is 4.94. The van der Waals surface area contributed by atoms with Crippen molar-refractivity contribution in [3.63, 3.8) is 0 Å². The second-order valence-electron chi connectivity index (χ2n) is 8.36. The number of aliphatic hydroxyl groups is 1. The lowest BCUT2D eigenvalue weighted by Crippen LogP contribution is -2.37. The zero-order valence-electron chi connectivity index (χ0n) is 20.0. The number of aromatic nitrogens is 2. The highest BCUT2D eigenvalue weighted by atomic mass is 19.3. The van der Waals surface area contributed by atoms with Crippen LogP contribution in [0.5, 0.6) is 11.5 Å². The molecule has 1 unspecified atom stereocenters. The molecule has 0 bridgehead atoms. The maximum atomic E-state index is 13.2. The van der Waals surface area contributed by atoms with Crippen molar-refractivity contribution < 1.29 is 23.4 Å². The van der Waals surface area contributed by atoms with Crippen molar-refractivity contribution in [2.45, 2.75) is 32.0 Å². The fourth-order valence-electron chi connectivity index (χ4n) is 4.26. The Morgan fingerprint density at radius 1 is 1.11 bits per heavy atom. The Hall–Kier alpha value is -3.72. The summed E-state index contributed by atoms with van der Waals surface area (Å²) < 4.78 is 37.3. The first kappa shape index (κ1) is 24.4. The van der Waals surface area contributed by atoms with E-state index in [1.54, 1.807) is 44.5 Å². The fraction of sp³-hybridized carbons (Fsp3) is 0.308. The number of hydrogen-bond acceptors (Lipinski definition) is 7. The molecular weight excluding hydrogens is 454 g/mol. The lowest BCUT2D eigenvalue weighted by atomic mass is 9.96. The summed E-state index contributed by atoms with van der Waals surface area (Å²) in [6.07, 6.45) is 0.471. The molecule has 2 aromatic carbocycles. The molecule has 0 amide bonds. The van der Waals surface area contributed by atoms with Gasteiger partial charge in [-0.25, -0.2) is 8.78 Å². The number of para-hydroxylation sites is 1. The molecule has 2 heterocycles.